The minimum Gasteiger partial charge on any atom is -0.457 e. The molecule has 3 aromatic rings. The minimum atomic E-state index is -0.263. The van der Waals surface area contributed by atoms with Crippen molar-refractivity contribution in [2.75, 3.05) is 5.32 Å². The van der Waals surface area contributed by atoms with E-state index in [0.29, 0.717) is 11.4 Å². The van der Waals surface area contributed by atoms with Gasteiger partial charge in [-0.15, -0.1) is 0 Å². The van der Waals surface area contributed by atoms with Gasteiger partial charge in [0.05, 0.1) is 0 Å². The van der Waals surface area contributed by atoms with E-state index in [0.717, 1.165) is 11.3 Å². The second kappa shape index (κ2) is 7.49. The van der Waals surface area contributed by atoms with Crippen molar-refractivity contribution in [2.45, 2.75) is 13.5 Å². The monoisotopic (exact) mass is 334 g/mol. The number of carbonyl (C=O) groups is 1. The topological polar surface area (TPSA) is 60.3 Å². The Bertz CT molecular complexity index is 930. The van der Waals surface area contributed by atoms with Gasteiger partial charge in [-0.1, -0.05) is 18.2 Å². The molecule has 0 unspecified atom stereocenters. The molecule has 1 heterocycles. The van der Waals surface area contributed by atoms with Crippen molar-refractivity contribution in [2.24, 2.45) is 0 Å². The summed E-state index contributed by atoms with van der Waals surface area (Å²) in [5, 5.41) is 2.76. The lowest BCUT2D eigenvalue weighted by Crippen LogP contribution is -2.26. The summed E-state index contributed by atoms with van der Waals surface area (Å²) < 4.78 is 7.12. The first kappa shape index (κ1) is 16.5. The van der Waals surface area contributed by atoms with Crippen LogP contribution in [-0.2, 0) is 11.3 Å². The van der Waals surface area contributed by atoms with Crippen LogP contribution in [0.3, 0.4) is 0 Å². The van der Waals surface area contributed by atoms with Crippen LogP contribution >= 0.6 is 0 Å². The lowest BCUT2D eigenvalue weighted by Gasteiger charge is -2.09. The summed E-state index contributed by atoms with van der Waals surface area (Å²) in [4.78, 5) is 23.7. The van der Waals surface area contributed by atoms with Crippen LogP contribution in [0.25, 0.3) is 0 Å². The summed E-state index contributed by atoms with van der Waals surface area (Å²) in [6.45, 7) is 1.98. The quantitative estimate of drug-likeness (QED) is 0.776. The molecule has 25 heavy (non-hydrogen) atoms. The molecule has 2 aromatic carbocycles. The number of benzene rings is 2. The van der Waals surface area contributed by atoms with E-state index in [1.807, 2.05) is 31.2 Å². The largest absolute Gasteiger partial charge is 0.457 e. The molecule has 0 aliphatic heterocycles. The molecule has 3 rings (SSSR count). The molecular weight excluding hydrogens is 316 g/mol. The Hall–Kier alpha value is -3.34. The molecule has 0 radical (unpaired) electrons. The summed E-state index contributed by atoms with van der Waals surface area (Å²) in [5.74, 6) is 1.18. The predicted octanol–water partition coefficient (Wildman–Crippen LogP) is 3.59. The molecule has 0 aliphatic rings. The zero-order chi connectivity index (χ0) is 17.6. The van der Waals surface area contributed by atoms with Crippen molar-refractivity contribution >= 4 is 11.6 Å². The minimum absolute atomic E-state index is 0.0266. The maximum atomic E-state index is 12.0. The Morgan fingerprint density at radius 3 is 2.52 bits per heavy atom. The van der Waals surface area contributed by atoms with Crippen LogP contribution in [0, 0.1) is 6.92 Å². The number of carbonyl (C=O) groups excluding carboxylic acids is 1. The molecular formula is C20H18N2O3. The third-order valence-corrected chi connectivity index (χ3v) is 3.58. The molecule has 0 saturated heterocycles. The predicted molar refractivity (Wildman–Crippen MR) is 97.0 cm³/mol. The number of aromatic nitrogens is 1. The number of hydrogen-bond acceptors (Lipinski definition) is 3. The molecule has 0 saturated carbocycles. The van der Waals surface area contributed by atoms with Crippen LogP contribution in [0.2, 0.25) is 0 Å². The van der Waals surface area contributed by atoms with E-state index in [-0.39, 0.29) is 18.0 Å². The van der Waals surface area contributed by atoms with Crippen molar-refractivity contribution in [3.05, 3.63) is 88.8 Å². The number of ether oxygens (including phenoxy) is 1. The highest BCUT2D eigenvalue weighted by Gasteiger charge is 2.05. The maximum absolute atomic E-state index is 12.0. The SMILES string of the molecule is Cc1cccc(Oc2ccc(NC(=O)Cn3ccccc3=O)cc2)c1. The van der Waals surface area contributed by atoms with Crippen LogP contribution in [-0.4, -0.2) is 10.5 Å². The van der Waals surface area contributed by atoms with Gasteiger partial charge in [0.15, 0.2) is 0 Å². The van der Waals surface area contributed by atoms with E-state index in [9.17, 15) is 9.59 Å². The second-order valence-corrected chi connectivity index (χ2v) is 5.66. The highest BCUT2D eigenvalue weighted by atomic mass is 16.5. The van der Waals surface area contributed by atoms with Gasteiger partial charge in [-0.05, 0) is 55.0 Å². The van der Waals surface area contributed by atoms with Gasteiger partial charge in [0.1, 0.15) is 18.0 Å². The second-order valence-electron chi connectivity index (χ2n) is 5.66. The molecule has 5 heteroatoms. The first-order chi connectivity index (χ1) is 12.1. The van der Waals surface area contributed by atoms with E-state index >= 15 is 0 Å². The molecule has 5 nitrogen and oxygen atoms in total. The number of nitrogens with one attached hydrogen (secondary N) is 1. The van der Waals surface area contributed by atoms with E-state index in [4.69, 9.17) is 4.74 Å². The van der Waals surface area contributed by atoms with E-state index in [1.165, 1.54) is 10.6 Å². The Balaban J connectivity index is 1.61. The van der Waals surface area contributed by atoms with Crippen LogP contribution in [0.15, 0.2) is 77.7 Å². The van der Waals surface area contributed by atoms with Gasteiger partial charge in [-0.3, -0.25) is 9.59 Å². The highest BCUT2D eigenvalue weighted by molar-refractivity contribution is 5.90. The van der Waals surface area contributed by atoms with Crippen LogP contribution in [0.5, 0.6) is 11.5 Å². The van der Waals surface area contributed by atoms with Gasteiger partial charge in [-0.2, -0.15) is 0 Å². The highest BCUT2D eigenvalue weighted by Crippen LogP contribution is 2.23. The first-order valence-corrected chi connectivity index (χ1v) is 7.90. The van der Waals surface area contributed by atoms with Crippen molar-refractivity contribution in [1.29, 1.82) is 0 Å². The fourth-order valence-electron chi connectivity index (χ4n) is 2.37. The van der Waals surface area contributed by atoms with Crippen LogP contribution in [0.4, 0.5) is 5.69 Å². The van der Waals surface area contributed by atoms with Crippen molar-refractivity contribution in [3.8, 4) is 11.5 Å². The lowest BCUT2D eigenvalue weighted by molar-refractivity contribution is -0.116. The molecule has 0 fully saturated rings. The summed E-state index contributed by atoms with van der Waals surface area (Å²) in [6, 6.07) is 19.6. The number of amides is 1. The van der Waals surface area contributed by atoms with Gasteiger partial charge >= 0.3 is 0 Å². The third kappa shape index (κ3) is 4.57. The number of hydrogen-bond donors (Lipinski definition) is 1. The van der Waals surface area contributed by atoms with E-state index in [2.05, 4.69) is 5.32 Å². The van der Waals surface area contributed by atoms with Crippen LogP contribution in [0.1, 0.15) is 5.56 Å². The van der Waals surface area contributed by atoms with Gasteiger partial charge in [0, 0.05) is 18.0 Å². The Morgan fingerprint density at radius 1 is 1.00 bits per heavy atom. The number of anilines is 1. The van der Waals surface area contributed by atoms with Gasteiger partial charge in [-0.25, -0.2) is 0 Å². The lowest BCUT2D eigenvalue weighted by atomic mass is 10.2. The van der Waals surface area contributed by atoms with Gasteiger partial charge in [0.2, 0.25) is 5.91 Å². The van der Waals surface area contributed by atoms with E-state index < -0.39 is 0 Å². The fraction of sp³-hybridized carbons (Fsp3) is 0.100. The fourth-order valence-corrected chi connectivity index (χ4v) is 2.37. The molecule has 0 atom stereocenters. The number of pyridine rings is 1. The van der Waals surface area contributed by atoms with E-state index in [1.54, 1.807) is 42.6 Å². The van der Waals surface area contributed by atoms with Crippen LogP contribution < -0.4 is 15.6 Å². The van der Waals surface area contributed by atoms with Crippen molar-refractivity contribution in [1.82, 2.24) is 4.57 Å². The summed E-state index contributed by atoms with van der Waals surface area (Å²) >= 11 is 0. The Morgan fingerprint density at radius 2 is 1.80 bits per heavy atom. The molecule has 0 aliphatic carbocycles. The average molecular weight is 334 g/mol. The van der Waals surface area contributed by atoms with Crippen molar-refractivity contribution < 1.29 is 9.53 Å². The smallest absolute Gasteiger partial charge is 0.250 e. The molecule has 126 valence electrons. The molecule has 0 bridgehead atoms. The van der Waals surface area contributed by atoms with Gasteiger partial charge in [0.25, 0.3) is 5.56 Å². The third-order valence-electron chi connectivity index (χ3n) is 3.58. The number of aryl methyl sites for hydroxylation is 1. The summed E-state index contributed by atoms with van der Waals surface area (Å²) in [7, 11) is 0. The Kier molecular flexibility index (Phi) is 4.95. The number of rotatable bonds is 5. The molecule has 1 N–H and O–H groups in total. The molecule has 1 aromatic heterocycles. The molecule has 1 amide bonds. The zero-order valence-electron chi connectivity index (χ0n) is 13.8. The Labute approximate surface area is 145 Å². The summed E-state index contributed by atoms with van der Waals surface area (Å²) in [6.07, 6.45) is 1.58. The average Bonchev–Trinajstić information content (AvgIpc) is 2.59. The number of nitrogens with zero attached hydrogens (tertiary/aromatic N) is 1. The molecule has 0 spiro atoms. The maximum Gasteiger partial charge on any atom is 0.250 e. The normalized spacial score (nSPS) is 10.3. The van der Waals surface area contributed by atoms with Gasteiger partial charge < -0.3 is 14.6 Å². The first-order valence-electron chi connectivity index (χ1n) is 7.90. The standard InChI is InChI=1S/C20H18N2O3/c1-15-5-4-6-18(13-15)25-17-10-8-16(9-11-17)21-19(23)14-22-12-3-2-7-20(22)24/h2-13H,14H2,1H3,(H,21,23). The van der Waals surface area contributed by atoms with Crippen molar-refractivity contribution in [3.63, 3.8) is 0 Å². The summed E-state index contributed by atoms with van der Waals surface area (Å²) in [5.41, 5.74) is 1.56. The zero-order valence-corrected chi connectivity index (χ0v) is 13.8.